The van der Waals surface area contributed by atoms with Crippen molar-refractivity contribution in [1.82, 2.24) is 10.2 Å². The monoisotopic (exact) mass is 365 g/mol. The molecule has 0 radical (unpaired) electrons. The molecule has 1 fully saturated rings. The first-order chi connectivity index (χ1) is 10.8. The van der Waals surface area contributed by atoms with Gasteiger partial charge in [-0.1, -0.05) is 21.0 Å². The topological polar surface area (TPSA) is 69.4 Å². The third-order valence-electron chi connectivity index (χ3n) is 3.90. The van der Waals surface area contributed by atoms with Crippen molar-refractivity contribution >= 4 is 21.9 Å². The Labute approximate surface area is 136 Å². The highest BCUT2D eigenvalue weighted by Crippen LogP contribution is 2.33. The first-order valence-electron chi connectivity index (χ1n) is 7.42. The number of nitrogens with one attached hydrogen (secondary N) is 1. The molecule has 6 nitrogen and oxygen atoms in total. The lowest BCUT2D eigenvalue weighted by atomic mass is 10.1. The van der Waals surface area contributed by atoms with E-state index in [1.165, 1.54) is 5.56 Å². The largest absolute Gasteiger partial charge is 0.493 e. The summed E-state index contributed by atoms with van der Waals surface area (Å²) in [6.07, 6.45) is 2.87. The van der Waals surface area contributed by atoms with Crippen molar-refractivity contribution < 1.29 is 13.9 Å². The normalized spacial score (nSPS) is 20.0. The average Bonchev–Trinajstić information content (AvgIpc) is 3.24. The second-order valence-electron chi connectivity index (χ2n) is 5.45. The maximum atomic E-state index is 5.71. The highest BCUT2D eigenvalue weighted by atomic mass is 79.9. The molecule has 3 heterocycles. The van der Waals surface area contributed by atoms with Crippen LogP contribution >= 0.6 is 15.9 Å². The summed E-state index contributed by atoms with van der Waals surface area (Å²) >= 11 is 3.54. The van der Waals surface area contributed by atoms with Crippen molar-refractivity contribution in [1.29, 1.82) is 0 Å². The first-order valence-corrected chi connectivity index (χ1v) is 8.22. The van der Waals surface area contributed by atoms with Gasteiger partial charge in [-0.05, 0) is 30.5 Å². The number of hydrogen-bond donors (Lipinski definition) is 1. The molecule has 4 rings (SSSR count). The van der Waals surface area contributed by atoms with Gasteiger partial charge in [0, 0.05) is 29.6 Å². The molecule has 0 bridgehead atoms. The summed E-state index contributed by atoms with van der Waals surface area (Å²) in [5.74, 6) is 1.52. The van der Waals surface area contributed by atoms with Gasteiger partial charge < -0.3 is 19.2 Å². The third kappa shape index (κ3) is 2.70. The SMILES string of the molecule is Brc1cc2c(c(CNc3nnc(C4CCCO4)o3)c1)OCC2. The predicted octanol–water partition coefficient (Wildman–Crippen LogP) is 3.23. The minimum absolute atomic E-state index is 0.0542. The van der Waals surface area contributed by atoms with E-state index < -0.39 is 0 Å². The molecule has 116 valence electrons. The van der Waals surface area contributed by atoms with Gasteiger partial charge in [-0.15, -0.1) is 5.10 Å². The maximum Gasteiger partial charge on any atom is 0.315 e. The van der Waals surface area contributed by atoms with Crippen LogP contribution in [0.3, 0.4) is 0 Å². The zero-order valence-corrected chi connectivity index (χ0v) is 13.6. The minimum Gasteiger partial charge on any atom is -0.493 e. The van der Waals surface area contributed by atoms with E-state index >= 15 is 0 Å². The van der Waals surface area contributed by atoms with E-state index in [-0.39, 0.29) is 6.10 Å². The van der Waals surface area contributed by atoms with Gasteiger partial charge in [0.15, 0.2) is 0 Å². The second-order valence-corrected chi connectivity index (χ2v) is 6.37. The summed E-state index contributed by atoms with van der Waals surface area (Å²) in [7, 11) is 0. The fraction of sp³-hybridized carbons (Fsp3) is 0.467. The maximum absolute atomic E-state index is 5.71. The number of halogens is 1. The Kier molecular flexibility index (Phi) is 3.75. The molecule has 1 aromatic carbocycles. The van der Waals surface area contributed by atoms with Crippen molar-refractivity contribution in [3.63, 3.8) is 0 Å². The average molecular weight is 366 g/mol. The van der Waals surface area contributed by atoms with Crippen LogP contribution in [-0.4, -0.2) is 23.4 Å². The fourth-order valence-electron chi connectivity index (χ4n) is 2.86. The standard InChI is InChI=1S/C15H16BrN3O3/c16-11-6-9-3-5-21-13(9)10(7-11)8-17-15-19-18-14(22-15)12-2-1-4-20-12/h6-7,12H,1-5,8H2,(H,17,19). The van der Waals surface area contributed by atoms with Gasteiger partial charge in [0.25, 0.3) is 0 Å². The lowest BCUT2D eigenvalue weighted by Crippen LogP contribution is -2.02. The Balaban J connectivity index is 1.47. The predicted molar refractivity (Wildman–Crippen MR) is 82.9 cm³/mol. The number of nitrogens with zero attached hydrogens (tertiary/aromatic N) is 2. The Morgan fingerprint density at radius 2 is 2.23 bits per heavy atom. The number of ether oxygens (including phenoxy) is 2. The molecule has 0 aliphatic carbocycles. The van der Waals surface area contributed by atoms with Crippen LogP contribution in [0.2, 0.25) is 0 Å². The van der Waals surface area contributed by atoms with Gasteiger partial charge in [-0.2, -0.15) is 0 Å². The van der Waals surface area contributed by atoms with Crippen molar-refractivity contribution in [3.8, 4) is 5.75 Å². The van der Waals surface area contributed by atoms with E-state index in [0.29, 0.717) is 18.5 Å². The van der Waals surface area contributed by atoms with Crippen molar-refractivity contribution in [3.05, 3.63) is 33.6 Å². The number of fused-ring (bicyclic) bond motifs is 1. The highest BCUT2D eigenvalue weighted by molar-refractivity contribution is 9.10. The van der Waals surface area contributed by atoms with E-state index in [4.69, 9.17) is 13.9 Å². The summed E-state index contributed by atoms with van der Waals surface area (Å²) in [6, 6.07) is 4.57. The summed E-state index contributed by atoms with van der Waals surface area (Å²) in [4.78, 5) is 0. The second kappa shape index (κ2) is 5.89. The first kappa shape index (κ1) is 14.0. The van der Waals surface area contributed by atoms with Gasteiger partial charge in [-0.25, -0.2) is 0 Å². The molecule has 1 aromatic heterocycles. The number of anilines is 1. The number of benzene rings is 1. The smallest absolute Gasteiger partial charge is 0.315 e. The van der Waals surface area contributed by atoms with Crippen molar-refractivity contribution in [2.75, 3.05) is 18.5 Å². The summed E-state index contributed by atoms with van der Waals surface area (Å²) < 4.78 is 17.9. The highest BCUT2D eigenvalue weighted by Gasteiger charge is 2.24. The molecule has 1 unspecified atom stereocenters. The summed E-state index contributed by atoms with van der Waals surface area (Å²) in [6.45, 7) is 2.08. The lowest BCUT2D eigenvalue weighted by Gasteiger charge is -2.09. The number of hydrogen-bond acceptors (Lipinski definition) is 6. The van der Waals surface area contributed by atoms with Crippen LogP contribution < -0.4 is 10.1 Å². The van der Waals surface area contributed by atoms with Crippen LogP contribution in [-0.2, 0) is 17.7 Å². The summed E-state index contributed by atoms with van der Waals surface area (Å²) in [5, 5.41) is 11.3. The molecule has 0 amide bonds. The minimum atomic E-state index is -0.0542. The lowest BCUT2D eigenvalue weighted by molar-refractivity contribution is 0.0897. The van der Waals surface area contributed by atoms with E-state index in [1.54, 1.807) is 0 Å². The van der Waals surface area contributed by atoms with E-state index in [9.17, 15) is 0 Å². The van der Waals surface area contributed by atoms with Crippen LogP contribution in [0.4, 0.5) is 6.01 Å². The molecule has 1 N–H and O–H groups in total. The number of aromatic nitrogens is 2. The van der Waals surface area contributed by atoms with Gasteiger partial charge in [-0.3, -0.25) is 0 Å². The molecule has 1 atom stereocenters. The van der Waals surface area contributed by atoms with Crippen molar-refractivity contribution in [2.24, 2.45) is 0 Å². The van der Waals surface area contributed by atoms with Crippen molar-refractivity contribution in [2.45, 2.75) is 31.9 Å². The van der Waals surface area contributed by atoms with Gasteiger partial charge in [0.2, 0.25) is 5.89 Å². The zero-order valence-electron chi connectivity index (χ0n) is 12.0. The molecule has 1 saturated heterocycles. The van der Waals surface area contributed by atoms with Crippen LogP contribution in [0.1, 0.15) is 36.0 Å². The molecular formula is C15H16BrN3O3. The van der Waals surface area contributed by atoms with E-state index in [0.717, 1.165) is 48.3 Å². The van der Waals surface area contributed by atoms with E-state index in [2.05, 4.69) is 43.6 Å². The summed E-state index contributed by atoms with van der Waals surface area (Å²) in [5.41, 5.74) is 2.32. The molecule has 2 aliphatic rings. The van der Waals surface area contributed by atoms with Gasteiger partial charge in [0.1, 0.15) is 11.9 Å². The van der Waals surface area contributed by atoms with Gasteiger partial charge >= 0.3 is 6.01 Å². The molecule has 22 heavy (non-hydrogen) atoms. The Hall–Kier alpha value is -1.60. The zero-order chi connectivity index (χ0) is 14.9. The third-order valence-corrected chi connectivity index (χ3v) is 4.36. The van der Waals surface area contributed by atoms with Crippen LogP contribution in [0.25, 0.3) is 0 Å². The molecule has 2 aromatic rings. The fourth-order valence-corrected chi connectivity index (χ4v) is 3.41. The van der Waals surface area contributed by atoms with Gasteiger partial charge in [0.05, 0.1) is 6.61 Å². The van der Waals surface area contributed by atoms with Crippen LogP contribution in [0, 0.1) is 0 Å². The molecule has 0 saturated carbocycles. The van der Waals surface area contributed by atoms with E-state index in [1.807, 2.05) is 0 Å². The quantitative estimate of drug-likeness (QED) is 0.896. The Bertz CT molecular complexity index is 683. The molecular weight excluding hydrogens is 350 g/mol. The molecule has 0 spiro atoms. The number of rotatable bonds is 4. The molecule has 7 heteroatoms. The molecule has 2 aliphatic heterocycles. The van der Waals surface area contributed by atoms with Crippen LogP contribution in [0.5, 0.6) is 5.75 Å². The Morgan fingerprint density at radius 3 is 3.09 bits per heavy atom. The van der Waals surface area contributed by atoms with Crippen LogP contribution in [0.15, 0.2) is 21.0 Å². The Morgan fingerprint density at radius 1 is 1.27 bits per heavy atom.